The van der Waals surface area contributed by atoms with Gasteiger partial charge in [0, 0.05) is 6.54 Å². The number of nitrogens with one attached hydrogen (secondary N) is 1. The van der Waals surface area contributed by atoms with E-state index in [-0.39, 0.29) is 0 Å². The zero-order valence-corrected chi connectivity index (χ0v) is 11.6. The smallest absolute Gasteiger partial charge is 0.0884 e. The van der Waals surface area contributed by atoms with Gasteiger partial charge >= 0.3 is 0 Å². The molecule has 4 heteroatoms. The van der Waals surface area contributed by atoms with E-state index < -0.39 is 0 Å². The van der Waals surface area contributed by atoms with Crippen molar-refractivity contribution in [3.8, 4) is 0 Å². The van der Waals surface area contributed by atoms with Crippen molar-refractivity contribution in [1.29, 1.82) is 0 Å². The van der Waals surface area contributed by atoms with Gasteiger partial charge in [-0.2, -0.15) is 5.10 Å². The third-order valence-electron chi connectivity index (χ3n) is 3.64. The van der Waals surface area contributed by atoms with E-state index in [0.29, 0.717) is 6.61 Å². The molecule has 0 radical (unpaired) electrons. The average Bonchev–Trinajstić information content (AvgIpc) is 2.82. The quantitative estimate of drug-likeness (QED) is 0.840. The van der Waals surface area contributed by atoms with Crippen LogP contribution in [0, 0.1) is 5.92 Å². The molecule has 1 aromatic heterocycles. The zero-order chi connectivity index (χ0) is 12.8. The Morgan fingerprint density at radius 2 is 2.17 bits per heavy atom. The van der Waals surface area contributed by atoms with Crippen LogP contribution < -0.4 is 5.32 Å². The third kappa shape index (κ3) is 3.56. The van der Waals surface area contributed by atoms with E-state index in [1.165, 1.54) is 18.5 Å². The van der Waals surface area contributed by atoms with Crippen molar-refractivity contribution in [1.82, 2.24) is 15.1 Å². The number of aryl methyl sites for hydroxylation is 2. The molecule has 4 nitrogen and oxygen atoms in total. The molecule has 1 N–H and O–H groups in total. The van der Waals surface area contributed by atoms with E-state index in [4.69, 9.17) is 4.74 Å². The Morgan fingerprint density at radius 3 is 2.83 bits per heavy atom. The molecule has 1 fully saturated rings. The van der Waals surface area contributed by atoms with E-state index in [1.807, 2.05) is 0 Å². The first-order valence-corrected chi connectivity index (χ1v) is 7.17. The van der Waals surface area contributed by atoms with Crippen LogP contribution in [0.2, 0.25) is 0 Å². The first kappa shape index (κ1) is 13.6. The molecule has 0 amide bonds. The van der Waals surface area contributed by atoms with Gasteiger partial charge < -0.3 is 10.1 Å². The molecule has 0 unspecified atom stereocenters. The van der Waals surface area contributed by atoms with Crippen LogP contribution in [0.15, 0.2) is 6.07 Å². The Morgan fingerprint density at radius 1 is 1.39 bits per heavy atom. The van der Waals surface area contributed by atoms with Crippen LogP contribution in [0.1, 0.15) is 38.1 Å². The van der Waals surface area contributed by atoms with Crippen molar-refractivity contribution >= 4 is 0 Å². The Bertz CT molecular complexity index is 356. The van der Waals surface area contributed by atoms with Gasteiger partial charge in [-0.1, -0.05) is 6.92 Å². The highest BCUT2D eigenvalue weighted by Gasteiger charge is 2.13. The van der Waals surface area contributed by atoms with Crippen LogP contribution >= 0.6 is 0 Å². The summed E-state index contributed by atoms with van der Waals surface area (Å²) in [7, 11) is 0. The lowest BCUT2D eigenvalue weighted by atomic mass is 9.99. The minimum Gasteiger partial charge on any atom is -0.375 e. The summed E-state index contributed by atoms with van der Waals surface area (Å²) in [5, 5.41) is 7.92. The number of ether oxygens (including phenoxy) is 1. The van der Waals surface area contributed by atoms with Crippen molar-refractivity contribution in [3.05, 3.63) is 17.5 Å². The molecule has 1 aliphatic heterocycles. The second-order valence-electron chi connectivity index (χ2n) is 5.00. The molecule has 1 aliphatic rings. The maximum Gasteiger partial charge on any atom is 0.0884 e. The first-order chi connectivity index (χ1) is 8.83. The van der Waals surface area contributed by atoms with E-state index in [2.05, 4.69) is 35.0 Å². The maximum absolute atomic E-state index is 5.87. The molecule has 0 bridgehead atoms. The van der Waals surface area contributed by atoms with Gasteiger partial charge in [-0.05, 0) is 51.3 Å². The molecule has 2 heterocycles. The van der Waals surface area contributed by atoms with Crippen molar-refractivity contribution in [2.45, 2.75) is 46.3 Å². The Labute approximate surface area is 110 Å². The molecule has 102 valence electrons. The van der Waals surface area contributed by atoms with E-state index in [1.54, 1.807) is 0 Å². The van der Waals surface area contributed by atoms with Gasteiger partial charge in [0.2, 0.25) is 0 Å². The van der Waals surface area contributed by atoms with Crippen LogP contribution in [0.5, 0.6) is 0 Å². The fourth-order valence-electron chi connectivity index (χ4n) is 2.46. The highest BCUT2D eigenvalue weighted by molar-refractivity contribution is 5.09. The Balaban J connectivity index is 1.79. The van der Waals surface area contributed by atoms with Gasteiger partial charge in [0.1, 0.15) is 0 Å². The Hall–Kier alpha value is -0.870. The summed E-state index contributed by atoms with van der Waals surface area (Å²) in [6.45, 7) is 9.06. The lowest BCUT2D eigenvalue weighted by Crippen LogP contribution is -2.30. The fourth-order valence-corrected chi connectivity index (χ4v) is 2.46. The number of aromatic nitrogens is 2. The van der Waals surface area contributed by atoms with Crippen molar-refractivity contribution < 1.29 is 4.74 Å². The van der Waals surface area contributed by atoms with Gasteiger partial charge in [0.15, 0.2) is 0 Å². The molecule has 0 aromatic carbocycles. The number of piperidine rings is 1. The fraction of sp³-hybridized carbons (Fsp3) is 0.786. The molecule has 18 heavy (non-hydrogen) atoms. The number of hydrogen-bond acceptors (Lipinski definition) is 3. The van der Waals surface area contributed by atoms with Crippen LogP contribution in [0.25, 0.3) is 0 Å². The standard InChI is InChI=1S/C14H25N3O/c1-3-13-9-14(17(4-2)16-13)11-18-10-12-5-7-15-8-6-12/h9,12,15H,3-8,10-11H2,1-2H3. The van der Waals surface area contributed by atoms with Gasteiger partial charge in [-0.25, -0.2) is 0 Å². The molecule has 0 atom stereocenters. The van der Waals surface area contributed by atoms with Gasteiger partial charge in [0.05, 0.1) is 24.6 Å². The average molecular weight is 251 g/mol. The summed E-state index contributed by atoms with van der Waals surface area (Å²) in [5.74, 6) is 0.731. The van der Waals surface area contributed by atoms with Gasteiger partial charge in [-0.15, -0.1) is 0 Å². The first-order valence-electron chi connectivity index (χ1n) is 7.17. The third-order valence-corrected chi connectivity index (χ3v) is 3.64. The predicted octanol–water partition coefficient (Wildman–Crippen LogP) is 1.98. The molecule has 2 rings (SSSR count). The molecular formula is C14H25N3O. The SMILES string of the molecule is CCc1cc(COCC2CCNCC2)n(CC)n1. The molecule has 1 saturated heterocycles. The maximum atomic E-state index is 5.87. The van der Waals surface area contributed by atoms with E-state index >= 15 is 0 Å². The molecular weight excluding hydrogens is 226 g/mol. The summed E-state index contributed by atoms with van der Waals surface area (Å²) in [6, 6.07) is 2.17. The van der Waals surface area contributed by atoms with Crippen LogP contribution in [0.4, 0.5) is 0 Å². The minimum absolute atomic E-state index is 0.699. The summed E-state index contributed by atoms with van der Waals surface area (Å²) in [6.07, 6.45) is 3.48. The molecule has 0 saturated carbocycles. The second kappa shape index (κ2) is 6.90. The van der Waals surface area contributed by atoms with Crippen LogP contribution in [-0.4, -0.2) is 29.5 Å². The van der Waals surface area contributed by atoms with Gasteiger partial charge in [0.25, 0.3) is 0 Å². The summed E-state index contributed by atoms with van der Waals surface area (Å²) < 4.78 is 7.93. The summed E-state index contributed by atoms with van der Waals surface area (Å²) in [5.41, 5.74) is 2.38. The topological polar surface area (TPSA) is 39.1 Å². The number of rotatable bonds is 6. The lowest BCUT2D eigenvalue weighted by Gasteiger charge is -2.22. The minimum atomic E-state index is 0.699. The zero-order valence-electron chi connectivity index (χ0n) is 11.6. The Kier molecular flexibility index (Phi) is 5.20. The number of hydrogen-bond donors (Lipinski definition) is 1. The summed E-state index contributed by atoms with van der Waals surface area (Å²) in [4.78, 5) is 0. The van der Waals surface area contributed by atoms with Crippen LogP contribution in [0.3, 0.4) is 0 Å². The van der Waals surface area contributed by atoms with Crippen molar-refractivity contribution in [3.63, 3.8) is 0 Å². The summed E-state index contributed by atoms with van der Waals surface area (Å²) >= 11 is 0. The highest BCUT2D eigenvalue weighted by Crippen LogP contribution is 2.13. The normalized spacial score (nSPS) is 17.2. The highest BCUT2D eigenvalue weighted by atomic mass is 16.5. The van der Waals surface area contributed by atoms with Crippen molar-refractivity contribution in [2.24, 2.45) is 5.92 Å². The number of nitrogens with zero attached hydrogens (tertiary/aromatic N) is 2. The van der Waals surface area contributed by atoms with E-state index in [9.17, 15) is 0 Å². The van der Waals surface area contributed by atoms with E-state index in [0.717, 1.165) is 44.3 Å². The van der Waals surface area contributed by atoms with Crippen molar-refractivity contribution in [2.75, 3.05) is 19.7 Å². The van der Waals surface area contributed by atoms with Gasteiger partial charge in [-0.3, -0.25) is 4.68 Å². The van der Waals surface area contributed by atoms with Crippen LogP contribution in [-0.2, 0) is 24.3 Å². The largest absolute Gasteiger partial charge is 0.375 e. The molecule has 1 aromatic rings. The molecule has 0 spiro atoms. The monoisotopic (exact) mass is 251 g/mol. The molecule has 0 aliphatic carbocycles. The second-order valence-corrected chi connectivity index (χ2v) is 5.00. The predicted molar refractivity (Wildman–Crippen MR) is 72.5 cm³/mol. The lowest BCUT2D eigenvalue weighted by molar-refractivity contribution is 0.0722.